The van der Waals surface area contributed by atoms with Crippen molar-refractivity contribution in [3.05, 3.63) is 11.6 Å². The summed E-state index contributed by atoms with van der Waals surface area (Å²) in [4.78, 5) is 12.4. The normalized spacial score (nSPS) is 23.8. The molecule has 1 atom stereocenters. The van der Waals surface area contributed by atoms with Crippen molar-refractivity contribution in [3.63, 3.8) is 0 Å². The van der Waals surface area contributed by atoms with Gasteiger partial charge in [0.25, 0.3) is 0 Å². The Hall–Kier alpha value is -0.590. The lowest BCUT2D eigenvalue weighted by Gasteiger charge is -2.42. The molecule has 2 fully saturated rings. The first kappa shape index (κ1) is 25.0. The molecule has 0 spiro atoms. The summed E-state index contributed by atoms with van der Waals surface area (Å²) in [7, 11) is 1.68. The van der Waals surface area contributed by atoms with Crippen LogP contribution in [0.2, 0.25) is 0 Å². The lowest BCUT2D eigenvalue weighted by Crippen LogP contribution is -2.53. The first-order valence-corrected chi connectivity index (χ1v) is 12.7. The molecular formula is C21H38IN7OS. The Morgan fingerprint density at radius 3 is 2.77 bits per heavy atom. The van der Waals surface area contributed by atoms with Crippen LogP contribution in [0, 0.1) is 0 Å². The number of fused-ring (bicyclic) bond motifs is 1. The van der Waals surface area contributed by atoms with Crippen LogP contribution in [-0.4, -0.2) is 82.0 Å². The predicted molar refractivity (Wildman–Crippen MR) is 137 cm³/mol. The molecule has 1 saturated carbocycles. The number of methoxy groups -OCH3 is 1. The zero-order chi connectivity index (χ0) is 20.8. The van der Waals surface area contributed by atoms with E-state index in [2.05, 4.69) is 44.3 Å². The molecule has 0 amide bonds. The highest BCUT2D eigenvalue weighted by Crippen LogP contribution is 2.37. The number of aromatic nitrogens is 3. The SMILES string of the molecule is CCNC(=NCC1(N2CCSCC2)CCCC1)NC1CCc2nc(COC)nn2C1.I. The second-order valence-corrected chi connectivity index (χ2v) is 9.89. The highest BCUT2D eigenvalue weighted by molar-refractivity contribution is 14.0. The third-order valence-electron chi connectivity index (χ3n) is 6.61. The van der Waals surface area contributed by atoms with E-state index < -0.39 is 0 Å². The molecule has 0 aromatic carbocycles. The van der Waals surface area contributed by atoms with Crippen LogP contribution in [0.3, 0.4) is 0 Å². The Balaban J connectivity index is 0.00000272. The molecule has 4 rings (SSSR count). The number of hydrogen-bond donors (Lipinski definition) is 2. The van der Waals surface area contributed by atoms with Gasteiger partial charge in [-0.2, -0.15) is 16.9 Å². The Kier molecular flexibility index (Phi) is 9.72. The summed E-state index contributed by atoms with van der Waals surface area (Å²) in [6.45, 7) is 7.63. The largest absolute Gasteiger partial charge is 0.377 e. The first-order valence-electron chi connectivity index (χ1n) is 11.5. The molecule has 3 aliphatic rings. The van der Waals surface area contributed by atoms with Gasteiger partial charge in [0.2, 0.25) is 0 Å². The van der Waals surface area contributed by atoms with Crippen LogP contribution in [0.5, 0.6) is 0 Å². The average molecular weight is 564 g/mol. The molecule has 0 radical (unpaired) electrons. The van der Waals surface area contributed by atoms with Crippen LogP contribution in [-0.2, 0) is 24.3 Å². The van der Waals surface area contributed by atoms with E-state index >= 15 is 0 Å². The maximum Gasteiger partial charge on any atom is 0.191 e. The van der Waals surface area contributed by atoms with E-state index in [1.165, 1.54) is 50.3 Å². The average Bonchev–Trinajstić information content (AvgIpc) is 3.40. The molecule has 2 aliphatic heterocycles. The van der Waals surface area contributed by atoms with Crippen LogP contribution in [0.4, 0.5) is 0 Å². The Morgan fingerprint density at radius 2 is 2.06 bits per heavy atom. The van der Waals surface area contributed by atoms with Gasteiger partial charge in [0, 0.05) is 56.3 Å². The summed E-state index contributed by atoms with van der Waals surface area (Å²) >= 11 is 2.09. The summed E-state index contributed by atoms with van der Waals surface area (Å²) < 4.78 is 7.21. The smallest absolute Gasteiger partial charge is 0.191 e. The van der Waals surface area contributed by atoms with Gasteiger partial charge in [0.1, 0.15) is 12.4 Å². The van der Waals surface area contributed by atoms with Crippen LogP contribution < -0.4 is 10.6 Å². The summed E-state index contributed by atoms with van der Waals surface area (Å²) in [5.41, 5.74) is 0.268. The van der Waals surface area contributed by atoms with Crippen LogP contribution in [0.25, 0.3) is 0 Å². The van der Waals surface area contributed by atoms with Gasteiger partial charge < -0.3 is 15.4 Å². The predicted octanol–water partition coefficient (Wildman–Crippen LogP) is 2.27. The van der Waals surface area contributed by atoms with Crippen molar-refractivity contribution in [3.8, 4) is 0 Å². The third kappa shape index (κ3) is 6.26. The molecule has 1 aromatic heterocycles. The third-order valence-corrected chi connectivity index (χ3v) is 7.55. The molecule has 8 nitrogen and oxygen atoms in total. The number of thioether (sulfide) groups is 1. The maximum absolute atomic E-state index is 5.18. The molecule has 10 heteroatoms. The molecule has 0 bridgehead atoms. The second-order valence-electron chi connectivity index (χ2n) is 8.67. The molecular weight excluding hydrogens is 525 g/mol. The number of guanidine groups is 1. The Bertz CT molecular complexity index is 717. The monoisotopic (exact) mass is 563 g/mol. The topological polar surface area (TPSA) is 79.6 Å². The van der Waals surface area contributed by atoms with Gasteiger partial charge in [-0.3, -0.25) is 9.89 Å². The van der Waals surface area contributed by atoms with Gasteiger partial charge in [-0.25, -0.2) is 9.67 Å². The van der Waals surface area contributed by atoms with E-state index in [0.717, 1.165) is 50.1 Å². The first-order chi connectivity index (χ1) is 14.7. The number of nitrogens with zero attached hydrogens (tertiary/aromatic N) is 5. The number of hydrogen-bond acceptors (Lipinski definition) is 6. The highest BCUT2D eigenvalue weighted by Gasteiger charge is 2.40. The van der Waals surface area contributed by atoms with E-state index in [1.807, 2.05) is 4.68 Å². The maximum atomic E-state index is 5.18. The quantitative estimate of drug-likeness (QED) is 0.300. The zero-order valence-corrected chi connectivity index (χ0v) is 22.1. The minimum atomic E-state index is 0. The number of aliphatic imine (C=N–C) groups is 1. The van der Waals surface area contributed by atoms with Crippen molar-refractivity contribution in [2.45, 2.75) is 70.2 Å². The summed E-state index contributed by atoms with van der Waals surface area (Å²) in [6, 6.07) is 0.318. The lowest BCUT2D eigenvalue weighted by molar-refractivity contribution is 0.112. The van der Waals surface area contributed by atoms with Gasteiger partial charge in [0.05, 0.1) is 13.1 Å². The fourth-order valence-corrected chi connectivity index (χ4v) is 5.96. The molecule has 1 unspecified atom stereocenters. The van der Waals surface area contributed by atoms with Crippen molar-refractivity contribution in [2.24, 2.45) is 4.99 Å². The molecule has 1 aromatic rings. The number of ether oxygens (including phenoxy) is 1. The minimum absolute atomic E-state index is 0. The lowest BCUT2D eigenvalue weighted by atomic mass is 9.95. The Labute approximate surface area is 207 Å². The van der Waals surface area contributed by atoms with Crippen molar-refractivity contribution >= 4 is 41.7 Å². The number of aryl methyl sites for hydroxylation is 1. The van der Waals surface area contributed by atoms with Crippen LogP contribution in [0.1, 0.15) is 50.7 Å². The van der Waals surface area contributed by atoms with Crippen molar-refractivity contribution in [1.29, 1.82) is 0 Å². The zero-order valence-electron chi connectivity index (χ0n) is 18.9. The molecule has 3 heterocycles. The molecule has 31 heavy (non-hydrogen) atoms. The standard InChI is InChI=1S/C21H37N7OS.HI/c1-3-22-20(23-16-21(8-4-5-9-21)27-10-12-30-13-11-27)24-17-6-7-19-25-18(15-29-2)26-28(19)14-17;/h17H,3-16H2,1-2H3,(H2,22,23,24);1H. The number of halogens is 1. The highest BCUT2D eigenvalue weighted by atomic mass is 127. The summed E-state index contributed by atoms with van der Waals surface area (Å²) in [5, 5.41) is 11.8. The van der Waals surface area contributed by atoms with Crippen LogP contribution >= 0.6 is 35.7 Å². The molecule has 1 aliphatic carbocycles. The summed E-state index contributed by atoms with van der Waals surface area (Å²) in [6.07, 6.45) is 7.23. The fraction of sp³-hybridized carbons (Fsp3) is 0.857. The minimum Gasteiger partial charge on any atom is -0.377 e. The number of nitrogens with one attached hydrogen (secondary N) is 2. The van der Waals surface area contributed by atoms with E-state index in [4.69, 9.17) is 9.73 Å². The summed E-state index contributed by atoms with van der Waals surface area (Å²) in [5.74, 6) is 5.31. The molecule has 1 saturated heterocycles. The van der Waals surface area contributed by atoms with Gasteiger partial charge in [-0.05, 0) is 26.2 Å². The van der Waals surface area contributed by atoms with Crippen molar-refractivity contribution in [1.82, 2.24) is 30.3 Å². The van der Waals surface area contributed by atoms with Crippen molar-refractivity contribution in [2.75, 3.05) is 44.8 Å². The van der Waals surface area contributed by atoms with Gasteiger partial charge in [-0.1, -0.05) is 12.8 Å². The van der Waals surface area contributed by atoms with Gasteiger partial charge >= 0.3 is 0 Å². The molecule has 176 valence electrons. The fourth-order valence-electron chi connectivity index (χ4n) is 5.05. The molecule has 2 N–H and O–H groups in total. The van der Waals surface area contributed by atoms with E-state index in [-0.39, 0.29) is 29.5 Å². The van der Waals surface area contributed by atoms with E-state index in [1.54, 1.807) is 7.11 Å². The number of rotatable bonds is 7. The van der Waals surface area contributed by atoms with Gasteiger partial charge in [-0.15, -0.1) is 24.0 Å². The van der Waals surface area contributed by atoms with E-state index in [9.17, 15) is 0 Å². The van der Waals surface area contributed by atoms with Crippen molar-refractivity contribution < 1.29 is 4.74 Å². The van der Waals surface area contributed by atoms with E-state index in [0.29, 0.717) is 12.6 Å². The van der Waals surface area contributed by atoms with Crippen LogP contribution in [0.15, 0.2) is 4.99 Å². The second kappa shape index (κ2) is 12.0. The Morgan fingerprint density at radius 1 is 1.29 bits per heavy atom. The van der Waals surface area contributed by atoms with Gasteiger partial charge in [0.15, 0.2) is 11.8 Å².